The zero-order valence-corrected chi connectivity index (χ0v) is 13.2. The lowest BCUT2D eigenvalue weighted by atomic mass is 9.88. The Bertz CT molecular complexity index is 914. The number of benzene rings is 1. The Morgan fingerprint density at radius 1 is 1.17 bits per heavy atom. The summed E-state index contributed by atoms with van der Waals surface area (Å²) in [4.78, 5) is 17.7. The smallest absolute Gasteiger partial charge is 0.299 e. The van der Waals surface area contributed by atoms with Gasteiger partial charge in [-0.25, -0.2) is 14.4 Å². The molecule has 2 bridgehead atoms. The summed E-state index contributed by atoms with van der Waals surface area (Å²) in [6, 6.07) is 7.68. The quantitative estimate of drug-likeness (QED) is 0.722. The number of anilines is 2. The van der Waals surface area contributed by atoms with Gasteiger partial charge in [-0.1, -0.05) is 0 Å². The number of hydrogen-bond acceptors (Lipinski definition) is 6. The average Bonchev–Trinajstić information content (AvgIpc) is 2.96. The van der Waals surface area contributed by atoms with Crippen molar-refractivity contribution in [3.63, 3.8) is 0 Å². The molecule has 7 heteroatoms. The van der Waals surface area contributed by atoms with Crippen LogP contribution in [0, 0.1) is 12.7 Å². The first-order valence-electron chi connectivity index (χ1n) is 8.06. The van der Waals surface area contributed by atoms with Crippen molar-refractivity contribution in [1.82, 2.24) is 15.0 Å². The molecule has 2 unspecified atom stereocenters. The summed E-state index contributed by atoms with van der Waals surface area (Å²) in [5.41, 5.74) is 1.19. The molecule has 122 valence electrons. The third-order valence-electron chi connectivity index (χ3n) is 4.84. The van der Waals surface area contributed by atoms with E-state index in [9.17, 15) is 4.39 Å². The largest absolute Gasteiger partial charge is 0.423 e. The molecule has 6 rings (SSSR count). The molecule has 3 aliphatic heterocycles. The topological polar surface area (TPSA) is 58.3 Å². The fraction of sp³-hybridized carbons (Fsp3) is 0.353. The molecule has 5 heterocycles. The van der Waals surface area contributed by atoms with Crippen molar-refractivity contribution in [2.45, 2.75) is 25.4 Å². The highest BCUT2D eigenvalue weighted by molar-refractivity contribution is 5.75. The van der Waals surface area contributed by atoms with Gasteiger partial charge < -0.3 is 14.2 Å². The Morgan fingerprint density at radius 3 is 2.79 bits per heavy atom. The van der Waals surface area contributed by atoms with E-state index in [0.29, 0.717) is 29.2 Å². The van der Waals surface area contributed by atoms with E-state index in [2.05, 4.69) is 24.8 Å². The number of aromatic nitrogens is 3. The van der Waals surface area contributed by atoms with Crippen LogP contribution >= 0.6 is 0 Å². The Labute approximate surface area is 137 Å². The van der Waals surface area contributed by atoms with Gasteiger partial charge in [0.25, 0.3) is 6.01 Å². The van der Waals surface area contributed by atoms with Gasteiger partial charge in [-0.3, -0.25) is 0 Å². The van der Waals surface area contributed by atoms with Gasteiger partial charge in [0.1, 0.15) is 23.0 Å². The summed E-state index contributed by atoms with van der Waals surface area (Å²) in [6.07, 6.45) is 2.92. The molecule has 0 radical (unpaired) electrons. The van der Waals surface area contributed by atoms with Crippen LogP contribution in [-0.4, -0.2) is 40.1 Å². The van der Waals surface area contributed by atoms with Crippen LogP contribution in [0.3, 0.4) is 0 Å². The van der Waals surface area contributed by atoms with Crippen LogP contribution in [0.5, 0.6) is 0 Å². The number of piperazine rings is 1. The maximum Gasteiger partial charge on any atom is 0.299 e. The van der Waals surface area contributed by atoms with Crippen LogP contribution in [0.4, 0.5) is 16.2 Å². The molecular weight excluding hydrogens is 309 g/mol. The summed E-state index contributed by atoms with van der Waals surface area (Å²) in [7, 11) is 0. The maximum absolute atomic E-state index is 13.3. The predicted octanol–water partition coefficient (Wildman–Crippen LogP) is 2.53. The van der Waals surface area contributed by atoms with Crippen LogP contribution < -0.4 is 9.80 Å². The molecule has 2 atom stereocenters. The monoisotopic (exact) mass is 325 g/mol. The van der Waals surface area contributed by atoms with Crippen molar-refractivity contribution >= 4 is 22.9 Å². The van der Waals surface area contributed by atoms with Gasteiger partial charge in [-0.15, -0.1) is 0 Å². The van der Waals surface area contributed by atoms with Crippen molar-refractivity contribution in [2.24, 2.45) is 0 Å². The summed E-state index contributed by atoms with van der Waals surface area (Å²) >= 11 is 0. The van der Waals surface area contributed by atoms with Crippen LogP contribution in [0.15, 0.2) is 34.9 Å². The Kier molecular flexibility index (Phi) is 2.80. The van der Waals surface area contributed by atoms with Gasteiger partial charge in [0.2, 0.25) is 0 Å². The van der Waals surface area contributed by atoms with E-state index in [4.69, 9.17) is 4.42 Å². The first-order valence-corrected chi connectivity index (χ1v) is 8.06. The average molecular weight is 325 g/mol. The second-order valence-corrected chi connectivity index (χ2v) is 6.43. The van der Waals surface area contributed by atoms with Crippen LogP contribution in [-0.2, 0) is 0 Å². The lowest BCUT2D eigenvalue weighted by Gasteiger charge is -2.55. The lowest BCUT2D eigenvalue weighted by Crippen LogP contribution is -2.69. The second-order valence-electron chi connectivity index (χ2n) is 6.43. The summed E-state index contributed by atoms with van der Waals surface area (Å²) in [6.45, 7) is 3.65. The molecule has 0 saturated carbocycles. The number of piperidine rings is 1. The fourth-order valence-corrected chi connectivity index (χ4v) is 3.73. The van der Waals surface area contributed by atoms with Gasteiger partial charge in [-0.2, -0.15) is 4.98 Å². The zero-order chi connectivity index (χ0) is 16.3. The highest BCUT2D eigenvalue weighted by atomic mass is 19.1. The minimum absolute atomic E-state index is 0.306. The van der Waals surface area contributed by atoms with Gasteiger partial charge in [0, 0.05) is 25.4 Å². The normalized spacial score (nSPS) is 22.8. The number of hydrogen-bond donors (Lipinski definition) is 0. The van der Waals surface area contributed by atoms with Gasteiger partial charge in [0.05, 0.1) is 12.1 Å². The number of aryl methyl sites for hydroxylation is 1. The number of rotatable bonds is 2. The molecule has 24 heavy (non-hydrogen) atoms. The molecule has 0 N–H and O–H groups in total. The van der Waals surface area contributed by atoms with Crippen molar-refractivity contribution in [2.75, 3.05) is 22.9 Å². The molecule has 0 spiro atoms. The molecule has 0 amide bonds. The summed E-state index contributed by atoms with van der Waals surface area (Å²) < 4.78 is 19.1. The summed E-state index contributed by atoms with van der Waals surface area (Å²) in [5, 5.41) is 0. The fourth-order valence-electron chi connectivity index (χ4n) is 3.73. The molecule has 3 fully saturated rings. The molecule has 0 aliphatic carbocycles. The van der Waals surface area contributed by atoms with E-state index in [-0.39, 0.29) is 5.82 Å². The molecule has 1 aromatic carbocycles. The maximum atomic E-state index is 13.3. The third kappa shape index (κ3) is 2.04. The van der Waals surface area contributed by atoms with E-state index in [1.165, 1.54) is 12.1 Å². The van der Waals surface area contributed by atoms with Gasteiger partial charge in [0.15, 0.2) is 5.58 Å². The Balaban J connectivity index is 1.40. The number of halogens is 1. The molecule has 3 aromatic rings. The van der Waals surface area contributed by atoms with E-state index in [1.807, 2.05) is 13.0 Å². The lowest BCUT2D eigenvalue weighted by molar-refractivity contribution is 0.270. The molecule has 6 nitrogen and oxygen atoms in total. The van der Waals surface area contributed by atoms with Crippen LogP contribution in [0.25, 0.3) is 11.1 Å². The van der Waals surface area contributed by atoms with E-state index in [1.54, 1.807) is 12.3 Å². The minimum atomic E-state index is -0.306. The second kappa shape index (κ2) is 4.90. The SMILES string of the molecule is Cc1nccc(N2CC3CC(C2)N3c2nc3ccc(F)cc3o2)n1. The van der Waals surface area contributed by atoms with E-state index >= 15 is 0 Å². The van der Waals surface area contributed by atoms with Gasteiger partial charge >= 0.3 is 0 Å². The third-order valence-corrected chi connectivity index (χ3v) is 4.84. The van der Waals surface area contributed by atoms with E-state index < -0.39 is 0 Å². The van der Waals surface area contributed by atoms with Crippen molar-refractivity contribution in [1.29, 1.82) is 0 Å². The van der Waals surface area contributed by atoms with Crippen LogP contribution in [0.2, 0.25) is 0 Å². The molecule has 2 aromatic heterocycles. The molecule has 3 saturated heterocycles. The standard InChI is InChI=1S/C17H16FN5O/c1-10-19-5-4-16(20-10)22-8-12-7-13(9-22)23(12)17-21-14-3-2-11(18)6-15(14)24-17/h2-6,12-13H,7-9H2,1H3. The number of nitrogens with zero attached hydrogens (tertiary/aromatic N) is 5. The number of oxazole rings is 1. The van der Waals surface area contributed by atoms with Crippen molar-refractivity contribution < 1.29 is 8.81 Å². The van der Waals surface area contributed by atoms with Gasteiger partial charge in [-0.05, 0) is 31.5 Å². The Hall–Kier alpha value is -2.70. The molecule has 3 aliphatic rings. The molecular formula is C17H16FN5O. The highest BCUT2D eigenvalue weighted by Crippen LogP contribution is 2.38. The first-order chi connectivity index (χ1) is 11.7. The number of fused-ring (bicyclic) bond motifs is 3. The van der Waals surface area contributed by atoms with E-state index in [0.717, 1.165) is 31.2 Å². The Morgan fingerprint density at radius 2 is 2.00 bits per heavy atom. The predicted molar refractivity (Wildman–Crippen MR) is 87.6 cm³/mol. The first kappa shape index (κ1) is 13.7. The van der Waals surface area contributed by atoms with Crippen molar-refractivity contribution in [3.05, 3.63) is 42.1 Å². The zero-order valence-electron chi connectivity index (χ0n) is 13.2. The summed E-state index contributed by atoms with van der Waals surface area (Å²) in [5.74, 6) is 1.44. The van der Waals surface area contributed by atoms with Crippen LogP contribution in [0.1, 0.15) is 12.2 Å². The van der Waals surface area contributed by atoms with Crippen molar-refractivity contribution in [3.8, 4) is 0 Å². The highest BCUT2D eigenvalue weighted by Gasteiger charge is 2.47. The minimum Gasteiger partial charge on any atom is -0.423 e.